The number of alkyl halides is 4. The largest absolute Gasteiger partial charge is 0.444 e. The Bertz CT molecular complexity index is 2570. The van der Waals surface area contributed by atoms with E-state index in [0.29, 0.717) is 9.13 Å². The average molecular weight is 1160 g/mol. The highest BCUT2D eigenvalue weighted by molar-refractivity contribution is 9.10. The minimum Gasteiger partial charge on any atom is -0.444 e. The maximum atomic E-state index is 14.2. The molecule has 2 aromatic carbocycles. The molecule has 0 aliphatic carbocycles. The van der Waals surface area contributed by atoms with Crippen LogP contribution in [0.15, 0.2) is 93.2 Å². The highest BCUT2D eigenvalue weighted by Crippen LogP contribution is 2.43. The number of nitrogens with one attached hydrogen (secondary N) is 2. The molecule has 2 aromatic heterocycles. The molecule has 22 nitrogen and oxygen atoms in total. The lowest BCUT2D eigenvalue weighted by molar-refractivity contribution is -0.141. The molecule has 0 saturated carbocycles. The number of aromatic nitrogens is 4. The SMILES string of the molecule is CC1(C)C(=O)N(Br)C(=O)N1Br.O=C(Nc1ccn([C@@H]2O[C@H](CO)C(O)C2(F)F)c(=O)n1)OCc1ccccc1.O=C(Nc1nc(=O)n([C@@H]2O[C@H](CO)C(O)C2(F)F)cc1Br)OCc1ccccc1. The van der Waals surface area contributed by atoms with Crippen molar-refractivity contribution in [1.82, 2.24) is 27.0 Å². The van der Waals surface area contributed by atoms with Crippen LogP contribution in [0.3, 0.4) is 0 Å². The first-order valence-corrected chi connectivity index (χ1v) is 21.6. The van der Waals surface area contributed by atoms with Gasteiger partial charge in [-0.25, -0.2) is 27.9 Å². The molecule has 0 spiro atoms. The molecule has 68 heavy (non-hydrogen) atoms. The fourth-order valence-electron chi connectivity index (χ4n) is 6.05. The second-order valence-electron chi connectivity index (χ2n) is 14.9. The van der Waals surface area contributed by atoms with Crippen molar-refractivity contribution < 1.29 is 76.1 Å². The monoisotopic (exact) mass is 1160 g/mol. The Labute approximate surface area is 406 Å². The van der Waals surface area contributed by atoms with Crippen molar-refractivity contribution in [3.8, 4) is 0 Å². The summed E-state index contributed by atoms with van der Waals surface area (Å²) in [6.45, 7) is 1.58. The van der Waals surface area contributed by atoms with Crippen LogP contribution in [-0.4, -0.2) is 127 Å². The summed E-state index contributed by atoms with van der Waals surface area (Å²) in [5, 5.41) is 41.6. The van der Waals surface area contributed by atoms with Crippen LogP contribution >= 0.6 is 48.2 Å². The number of benzene rings is 2. The van der Waals surface area contributed by atoms with Crippen LogP contribution in [0, 0.1) is 0 Å². The number of halogens is 7. The van der Waals surface area contributed by atoms with Crippen LogP contribution in [0.25, 0.3) is 0 Å². The quantitative estimate of drug-likeness (QED) is 0.0738. The molecular formula is C39H39Br3F4N8O14. The fourth-order valence-corrected chi connectivity index (χ4v) is 7.57. The van der Waals surface area contributed by atoms with Crippen LogP contribution in [0.1, 0.15) is 37.4 Å². The fraction of sp³-hybridized carbons (Fsp3) is 0.385. The molecule has 5 amide bonds. The topological polar surface area (TPSA) is 286 Å². The van der Waals surface area contributed by atoms with Crippen molar-refractivity contribution >= 4 is 84.0 Å². The predicted molar refractivity (Wildman–Crippen MR) is 235 cm³/mol. The first-order valence-electron chi connectivity index (χ1n) is 19.4. The Balaban J connectivity index is 0.000000209. The van der Waals surface area contributed by atoms with Gasteiger partial charge in [0, 0.05) is 12.4 Å². The minimum absolute atomic E-state index is 0.00454. The van der Waals surface area contributed by atoms with E-state index in [1.165, 1.54) is 3.93 Å². The second-order valence-corrected chi connectivity index (χ2v) is 17.1. The molecule has 4 aromatic rings. The standard InChI is InChI=1S/C17H16BrF2N3O6.C17H17F2N3O6.C5H6Br2N2O2/c18-10-6-23(14-17(19,20)12(25)11(7-24)29-14)15(26)21-13(10)22-16(27)28-8-9-4-2-1-3-5-9;18-17(19)13(24)11(8-23)28-14(17)22-7-6-12(20-15(22)25)21-16(26)27-9-10-4-2-1-3-5-10;1-5(2)3(10)8(6)4(11)9(5)7/h1-6,11-12,14,24-25H,7-8H2,(H,21,22,26,27);1-7,11,13-14,23-24H,8-9H2,(H,20,21,25,26);1-2H3/t11-,12?,14-;11-,13?,14-;/m11./s1. The van der Waals surface area contributed by atoms with Gasteiger partial charge < -0.3 is 39.4 Å². The number of aliphatic hydroxyl groups excluding tert-OH is 4. The van der Waals surface area contributed by atoms with Crippen LogP contribution in [-0.2, 0) is 37.0 Å². The number of imide groups is 1. The van der Waals surface area contributed by atoms with Gasteiger partial charge in [-0.2, -0.15) is 31.5 Å². The third-order valence-corrected chi connectivity index (χ3v) is 12.2. The zero-order valence-electron chi connectivity index (χ0n) is 35.0. The number of aliphatic hydroxyl groups is 4. The van der Waals surface area contributed by atoms with Gasteiger partial charge >= 0.3 is 41.4 Å². The Morgan fingerprint density at radius 3 is 1.59 bits per heavy atom. The number of ether oxygens (including phenoxy) is 4. The Morgan fingerprint density at radius 2 is 1.19 bits per heavy atom. The van der Waals surface area contributed by atoms with E-state index < -0.39 is 97.1 Å². The van der Waals surface area contributed by atoms with Crippen molar-refractivity contribution in [3.05, 3.63) is 116 Å². The van der Waals surface area contributed by atoms with Gasteiger partial charge in [-0.3, -0.25) is 24.6 Å². The highest BCUT2D eigenvalue weighted by Gasteiger charge is 2.60. The number of hydrogen-bond donors (Lipinski definition) is 6. The van der Waals surface area contributed by atoms with Gasteiger partial charge in [0.15, 0.2) is 18.0 Å². The average Bonchev–Trinajstić information content (AvgIpc) is 3.74. The number of hydrogen-bond acceptors (Lipinski definition) is 16. The number of anilines is 2. The summed E-state index contributed by atoms with van der Waals surface area (Å²) >= 11 is 8.88. The molecular weight excluding hydrogens is 1120 g/mol. The highest BCUT2D eigenvalue weighted by atomic mass is 79.9. The van der Waals surface area contributed by atoms with Crippen molar-refractivity contribution in [2.75, 3.05) is 23.8 Å². The van der Waals surface area contributed by atoms with E-state index in [1.807, 2.05) is 6.07 Å². The molecule has 2 unspecified atom stereocenters. The first kappa shape index (κ1) is 53.6. The molecule has 5 heterocycles. The summed E-state index contributed by atoms with van der Waals surface area (Å²) in [5.74, 6) is -8.39. The summed E-state index contributed by atoms with van der Waals surface area (Å²) in [6, 6.07) is 18.4. The second kappa shape index (κ2) is 22.4. The predicted octanol–water partition coefficient (Wildman–Crippen LogP) is 4.17. The molecule has 7 rings (SSSR count). The number of rotatable bonds is 10. The van der Waals surface area contributed by atoms with Crippen LogP contribution in [0.2, 0.25) is 0 Å². The van der Waals surface area contributed by atoms with E-state index >= 15 is 0 Å². The lowest BCUT2D eigenvalue weighted by atomic mass is 10.1. The smallest absolute Gasteiger partial charge is 0.413 e. The summed E-state index contributed by atoms with van der Waals surface area (Å²) in [7, 11) is 0. The van der Waals surface area contributed by atoms with Gasteiger partial charge in [-0.1, -0.05) is 60.7 Å². The summed E-state index contributed by atoms with van der Waals surface area (Å²) in [4.78, 5) is 77.3. The Morgan fingerprint density at radius 1 is 0.735 bits per heavy atom. The zero-order valence-corrected chi connectivity index (χ0v) is 39.8. The van der Waals surface area contributed by atoms with Crippen LogP contribution < -0.4 is 22.0 Å². The van der Waals surface area contributed by atoms with Gasteiger partial charge in [0.25, 0.3) is 5.91 Å². The number of nitrogens with zero attached hydrogens (tertiary/aromatic N) is 6. The Kier molecular flexibility index (Phi) is 17.6. The third kappa shape index (κ3) is 12.1. The van der Waals surface area contributed by atoms with Gasteiger partial charge in [-0.05, 0) is 47.0 Å². The van der Waals surface area contributed by atoms with E-state index in [2.05, 4.69) is 68.8 Å². The molecule has 3 fully saturated rings. The normalized spacial score (nSPS) is 23.2. The van der Waals surface area contributed by atoms with E-state index in [0.717, 1.165) is 33.5 Å². The van der Waals surface area contributed by atoms with Gasteiger partial charge in [0.05, 0.1) is 50.0 Å². The molecule has 6 N–H and O–H groups in total. The lowest BCUT2D eigenvalue weighted by Gasteiger charge is -2.21. The molecule has 29 heteroatoms. The zero-order chi connectivity index (χ0) is 50.3. The van der Waals surface area contributed by atoms with Crippen LogP contribution in [0.5, 0.6) is 0 Å². The van der Waals surface area contributed by atoms with Gasteiger partial charge in [-0.15, -0.1) is 0 Å². The molecule has 0 radical (unpaired) electrons. The van der Waals surface area contributed by atoms with Crippen molar-refractivity contribution in [3.63, 3.8) is 0 Å². The first-order chi connectivity index (χ1) is 31.9. The van der Waals surface area contributed by atoms with Gasteiger partial charge in [0.1, 0.15) is 36.8 Å². The van der Waals surface area contributed by atoms with Crippen molar-refractivity contribution in [2.24, 2.45) is 0 Å². The molecule has 3 saturated heterocycles. The third-order valence-electron chi connectivity index (χ3n) is 9.77. The lowest BCUT2D eigenvalue weighted by Crippen LogP contribution is -2.42. The summed E-state index contributed by atoms with van der Waals surface area (Å²) in [6.07, 6.45) is -11.9. The van der Waals surface area contributed by atoms with Crippen molar-refractivity contribution in [2.45, 2.75) is 81.3 Å². The van der Waals surface area contributed by atoms with E-state index in [9.17, 15) is 56.5 Å². The molecule has 3 aliphatic rings. The maximum Gasteiger partial charge on any atom is 0.413 e. The molecule has 6 atom stereocenters. The molecule has 368 valence electrons. The number of carbonyl (C=O) groups excluding carboxylic acids is 4. The molecule has 0 bridgehead atoms. The summed E-state index contributed by atoms with van der Waals surface area (Å²) < 4.78 is 79.5. The summed E-state index contributed by atoms with van der Waals surface area (Å²) in [5.41, 5.74) is -1.62. The number of carbonyl (C=O) groups is 4. The molecule has 3 aliphatic heterocycles. The van der Waals surface area contributed by atoms with E-state index in [1.54, 1.807) is 68.4 Å². The van der Waals surface area contributed by atoms with E-state index in [4.69, 9.17) is 29.2 Å². The number of urea groups is 1. The van der Waals surface area contributed by atoms with E-state index in [-0.39, 0.29) is 35.2 Å². The van der Waals surface area contributed by atoms with Gasteiger partial charge in [0.2, 0.25) is 12.5 Å². The van der Waals surface area contributed by atoms with Crippen LogP contribution in [0.4, 0.5) is 43.6 Å². The van der Waals surface area contributed by atoms with Crippen molar-refractivity contribution in [1.29, 1.82) is 0 Å². The minimum atomic E-state index is -3.85. The maximum absolute atomic E-state index is 14.2. The Hall–Kier alpha value is -5.40. The number of amides is 5.